The Balaban J connectivity index is 0.000000336. The predicted molar refractivity (Wildman–Crippen MR) is 57.0 cm³/mol. The van der Waals surface area contributed by atoms with E-state index in [-0.39, 0.29) is 0 Å². The van der Waals surface area contributed by atoms with Crippen molar-refractivity contribution in [2.24, 2.45) is 0 Å². The summed E-state index contributed by atoms with van der Waals surface area (Å²) in [6.07, 6.45) is 0. The van der Waals surface area contributed by atoms with E-state index in [1.807, 2.05) is 25.2 Å². The van der Waals surface area contributed by atoms with Crippen LogP contribution < -0.4 is 0 Å². The summed E-state index contributed by atoms with van der Waals surface area (Å²) in [5.74, 6) is 0. The largest absolute Gasteiger partial charge is 0.350 e. The molecule has 0 aliphatic rings. The third-order valence-electron chi connectivity index (χ3n) is 1.57. The molecule has 0 radical (unpaired) electrons. The van der Waals surface area contributed by atoms with Crippen LogP contribution in [-0.2, 0) is 0 Å². The van der Waals surface area contributed by atoms with Crippen molar-refractivity contribution in [1.29, 1.82) is 0 Å². The Morgan fingerprint density at radius 3 is 2.42 bits per heavy atom. The lowest BCUT2D eigenvalue weighted by atomic mass is 10.3. The maximum atomic E-state index is 3.30. The zero-order valence-electron chi connectivity index (χ0n) is 8.06. The van der Waals surface area contributed by atoms with Crippen LogP contribution in [0.25, 0.3) is 10.2 Å². The van der Waals surface area contributed by atoms with Crippen molar-refractivity contribution in [3.8, 4) is 0 Å². The van der Waals surface area contributed by atoms with Crippen LogP contribution in [0.15, 0.2) is 12.1 Å². The van der Waals surface area contributed by atoms with Gasteiger partial charge in [0.05, 0.1) is 0 Å². The molecule has 0 amide bonds. The van der Waals surface area contributed by atoms with Crippen molar-refractivity contribution in [1.82, 2.24) is 4.98 Å². The average Bonchev–Trinajstić information content (AvgIpc) is 2.48. The van der Waals surface area contributed by atoms with Crippen LogP contribution >= 0.6 is 11.3 Å². The van der Waals surface area contributed by atoms with Gasteiger partial charge in [0.2, 0.25) is 0 Å². The Bertz CT molecular complexity index is 294. The van der Waals surface area contributed by atoms with Gasteiger partial charge in [0.1, 0.15) is 4.83 Å². The minimum Gasteiger partial charge on any atom is -0.350 e. The fraction of sp³-hybridized carbons (Fsp3) is 0.400. The summed E-state index contributed by atoms with van der Waals surface area (Å²) in [6, 6.07) is 4.39. The first-order chi connectivity index (χ1) is 5.75. The Hall–Kier alpha value is -0.760. The molecule has 0 saturated heterocycles. The van der Waals surface area contributed by atoms with E-state index >= 15 is 0 Å². The average molecular weight is 181 g/mol. The first kappa shape index (κ1) is 9.33. The summed E-state index contributed by atoms with van der Waals surface area (Å²) < 4.78 is 0. The van der Waals surface area contributed by atoms with Crippen LogP contribution in [0.4, 0.5) is 0 Å². The molecule has 0 aromatic carbocycles. The summed E-state index contributed by atoms with van der Waals surface area (Å²) in [7, 11) is 0. The van der Waals surface area contributed by atoms with E-state index in [0.717, 1.165) is 0 Å². The van der Waals surface area contributed by atoms with Gasteiger partial charge >= 0.3 is 0 Å². The highest BCUT2D eigenvalue weighted by molar-refractivity contribution is 7.18. The SMILES string of the molecule is CC.Cc1cc2cc(C)sc2[nH]1. The lowest BCUT2D eigenvalue weighted by Gasteiger charge is -1.77. The molecule has 0 bridgehead atoms. The highest BCUT2D eigenvalue weighted by Gasteiger charge is 1.99. The second-order valence-corrected chi connectivity index (χ2v) is 3.85. The molecule has 0 spiro atoms. The van der Waals surface area contributed by atoms with Gasteiger partial charge in [-0.1, -0.05) is 13.8 Å². The number of hydrogen-bond donors (Lipinski definition) is 1. The molecule has 1 N–H and O–H groups in total. The molecule has 0 fully saturated rings. The molecule has 2 aromatic rings. The molecule has 1 nitrogen and oxygen atoms in total. The standard InChI is InChI=1S/C8H9NS.C2H6/c1-5-3-7-4-6(2)10-8(7)9-5;1-2/h3-4,9H,1-2H3;1-2H3. The monoisotopic (exact) mass is 181 g/mol. The fourth-order valence-electron chi connectivity index (χ4n) is 1.19. The van der Waals surface area contributed by atoms with Crippen LogP contribution in [-0.4, -0.2) is 4.98 Å². The molecule has 2 aromatic heterocycles. The number of rotatable bonds is 0. The number of nitrogens with one attached hydrogen (secondary N) is 1. The molecule has 66 valence electrons. The van der Waals surface area contributed by atoms with Crippen LogP contribution in [0.1, 0.15) is 24.4 Å². The Morgan fingerprint density at radius 1 is 1.17 bits per heavy atom. The van der Waals surface area contributed by atoms with Gasteiger partial charge in [-0.05, 0) is 26.0 Å². The number of aryl methyl sites for hydroxylation is 2. The highest BCUT2D eigenvalue weighted by atomic mass is 32.1. The lowest BCUT2D eigenvalue weighted by molar-refractivity contribution is 1.31. The van der Waals surface area contributed by atoms with E-state index in [2.05, 4.69) is 31.0 Å². The Kier molecular flexibility index (Phi) is 2.93. The van der Waals surface area contributed by atoms with Crippen molar-refractivity contribution in [2.45, 2.75) is 27.7 Å². The minimum atomic E-state index is 1.25. The fourth-order valence-corrected chi connectivity index (χ4v) is 2.14. The number of aromatic amines is 1. The molecule has 0 unspecified atom stereocenters. The molecular weight excluding hydrogens is 166 g/mol. The number of aromatic nitrogens is 1. The predicted octanol–water partition coefficient (Wildman–Crippen LogP) is 3.87. The number of hydrogen-bond acceptors (Lipinski definition) is 1. The van der Waals surface area contributed by atoms with Gasteiger partial charge < -0.3 is 4.98 Å². The van der Waals surface area contributed by atoms with Crippen LogP contribution in [0.5, 0.6) is 0 Å². The first-order valence-corrected chi connectivity index (χ1v) is 5.13. The van der Waals surface area contributed by atoms with E-state index in [9.17, 15) is 0 Å². The maximum Gasteiger partial charge on any atom is 0.100 e. The summed E-state index contributed by atoms with van der Waals surface area (Å²) in [5.41, 5.74) is 1.25. The van der Waals surface area contributed by atoms with Gasteiger partial charge in [-0.25, -0.2) is 0 Å². The van der Waals surface area contributed by atoms with Crippen molar-refractivity contribution >= 4 is 21.6 Å². The topological polar surface area (TPSA) is 15.8 Å². The highest BCUT2D eigenvalue weighted by Crippen LogP contribution is 2.24. The lowest BCUT2D eigenvalue weighted by Crippen LogP contribution is -1.62. The summed E-state index contributed by atoms with van der Waals surface area (Å²) in [5, 5.41) is 1.35. The van der Waals surface area contributed by atoms with E-state index in [0.29, 0.717) is 0 Å². The molecule has 0 aliphatic carbocycles. The molecule has 0 aliphatic heterocycles. The summed E-state index contributed by atoms with van der Waals surface area (Å²) in [4.78, 5) is 5.97. The zero-order valence-corrected chi connectivity index (χ0v) is 8.88. The van der Waals surface area contributed by atoms with E-state index in [4.69, 9.17) is 0 Å². The van der Waals surface area contributed by atoms with E-state index < -0.39 is 0 Å². The zero-order chi connectivity index (χ0) is 9.14. The van der Waals surface area contributed by atoms with Crippen molar-refractivity contribution < 1.29 is 0 Å². The van der Waals surface area contributed by atoms with Crippen LogP contribution in [0.3, 0.4) is 0 Å². The quantitative estimate of drug-likeness (QED) is 0.635. The van der Waals surface area contributed by atoms with E-state index in [1.165, 1.54) is 20.8 Å². The second-order valence-electron chi connectivity index (χ2n) is 2.59. The number of thiophene rings is 1. The Morgan fingerprint density at radius 2 is 1.83 bits per heavy atom. The third-order valence-corrected chi connectivity index (χ3v) is 2.55. The number of H-pyrrole nitrogens is 1. The second kappa shape index (κ2) is 3.76. The summed E-state index contributed by atoms with van der Waals surface area (Å²) in [6.45, 7) is 8.22. The third kappa shape index (κ3) is 1.69. The molecule has 12 heavy (non-hydrogen) atoms. The first-order valence-electron chi connectivity index (χ1n) is 4.31. The van der Waals surface area contributed by atoms with Gasteiger partial charge in [-0.15, -0.1) is 11.3 Å². The van der Waals surface area contributed by atoms with Gasteiger partial charge in [-0.3, -0.25) is 0 Å². The van der Waals surface area contributed by atoms with Crippen molar-refractivity contribution in [3.05, 3.63) is 22.7 Å². The van der Waals surface area contributed by atoms with Crippen molar-refractivity contribution in [2.75, 3.05) is 0 Å². The van der Waals surface area contributed by atoms with Gasteiger partial charge in [0.25, 0.3) is 0 Å². The Labute approximate surface area is 77.4 Å². The van der Waals surface area contributed by atoms with Crippen LogP contribution in [0, 0.1) is 13.8 Å². The van der Waals surface area contributed by atoms with Crippen LogP contribution in [0.2, 0.25) is 0 Å². The number of fused-ring (bicyclic) bond motifs is 1. The van der Waals surface area contributed by atoms with Gasteiger partial charge in [-0.2, -0.15) is 0 Å². The maximum absolute atomic E-state index is 3.30. The minimum absolute atomic E-state index is 1.25. The normalized spacial score (nSPS) is 9.67. The summed E-state index contributed by atoms with van der Waals surface area (Å²) >= 11 is 1.82. The molecule has 2 rings (SSSR count). The molecular formula is C10H15NS. The van der Waals surface area contributed by atoms with Crippen molar-refractivity contribution in [3.63, 3.8) is 0 Å². The molecule has 0 saturated carbocycles. The molecule has 2 heterocycles. The molecule has 0 atom stereocenters. The van der Waals surface area contributed by atoms with Gasteiger partial charge in [0.15, 0.2) is 0 Å². The van der Waals surface area contributed by atoms with Gasteiger partial charge in [0, 0.05) is 16.0 Å². The molecule has 2 heteroatoms. The smallest absolute Gasteiger partial charge is 0.100 e. The van der Waals surface area contributed by atoms with E-state index in [1.54, 1.807) is 0 Å².